The van der Waals surface area contributed by atoms with Crippen LogP contribution < -0.4 is 44.4 Å². The molecule has 0 atom stereocenters. The first-order valence-electron chi connectivity index (χ1n) is 15.8. The molecule has 0 unspecified atom stereocenters. The van der Waals surface area contributed by atoms with E-state index in [9.17, 15) is 0 Å². The zero-order valence-electron chi connectivity index (χ0n) is 28.1. The van der Waals surface area contributed by atoms with Gasteiger partial charge in [-0.1, -0.05) is 18.7 Å². The number of likely N-dealkylation sites (tertiary alicyclic amines) is 1. The summed E-state index contributed by atoms with van der Waals surface area (Å²) in [7, 11) is 7.97. The normalized spacial score (nSPS) is 15.4. The van der Waals surface area contributed by atoms with Gasteiger partial charge in [0.25, 0.3) is 0 Å². The second-order valence-electron chi connectivity index (χ2n) is 11.0. The van der Waals surface area contributed by atoms with Crippen LogP contribution >= 0.6 is 0 Å². The van der Waals surface area contributed by atoms with Gasteiger partial charge in [0.05, 0.1) is 47.7 Å². The van der Waals surface area contributed by atoms with Crippen molar-refractivity contribution in [2.24, 2.45) is 0 Å². The van der Waals surface area contributed by atoms with Crippen LogP contribution in [-0.4, -0.2) is 105 Å². The number of benzene rings is 1. The van der Waals surface area contributed by atoms with Crippen molar-refractivity contribution in [1.82, 2.24) is 30.2 Å². The van der Waals surface area contributed by atoms with Crippen LogP contribution in [-0.2, 0) is 6.54 Å². The van der Waals surface area contributed by atoms with E-state index in [-0.39, 0.29) is 0 Å². The van der Waals surface area contributed by atoms with E-state index in [1.807, 2.05) is 12.1 Å². The Kier molecular flexibility index (Phi) is 13.9. The fraction of sp³-hybridized carbons (Fsp3) is 0.515. The molecule has 47 heavy (non-hydrogen) atoms. The number of methoxy groups -OCH3 is 5. The maximum absolute atomic E-state index is 5.72. The minimum Gasteiger partial charge on any atom is -0.493 e. The molecule has 0 amide bonds. The van der Waals surface area contributed by atoms with Crippen molar-refractivity contribution in [3.8, 4) is 35.0 Å². The topological polar surface area (TPSA) is 146 Å². The van der Waals surface area contributed by atoms with Crippen LogP contribution in [0.3, 0.4) is 0 Å². The lowest BCUT2D eigenvalue weighted by molar-refractivity contribution is 0.210. The van der Waals surface area contributed by atoms with Gasteiger partial charge < -0.3 is 44.4 Å². The minimum absolute atomic E-state index is 0.306. The molecule has 2 aromatic heterocycles. The summed E-state index contributed by atoms with van der Waals surface area (Å²) in [4.78, 5) is 19.7. The van der Waals surface area contributed by atoms with Gasteiger partial charge >= 0.3 is 0 Å². The van der Waals surface area contributed by atoms with Crippen LogP contribution in [0.1, 0.15) is 31.2 Å². The molecule has 2 saturated heterocycles. The van der Waals surface area contributed by atoms with E-state index in [2.05, 4.69) is 53.4 Å². The van der Waals surface area contributed by atoms with E-state index in [4.69, 9.17) is 28.4 Å². The van der Waals surface area contributed by atoms with E-state index in [0.29, 0.717) is 54.1 Å². The van der Waals surface area contributed by atoms with Gasteiger partial charge in [-0.3, -0.25) is 4.90 Å². The smallest absolute Gasteiger partial charge is 0.229 e. The molecule has 256 valence electrons. The van der Waals surface area contributed by atoms with Crippen LogP contribution in [0.4, 0.5) is 11.9 Å². The number of rotatable bonds is 14. The number of nitrogens with zero attached hydrogens (tertiary/aromatic N) is 5. The molecule has 14 heteroatoms. The maximum atomic E-state index is 5.72. The van der Waals surface area contributed by atoms with Crippen molar-refractivity contribution < 1.29 is 28.4 Å². The summed E-state index contributed by atoms with van der Waals surface area (Å²) in [5, 5.41) is 10.0. The summed E-state index contributed by atoms with van der Waals surface area (Å²) in [6.45, 7) is 9.03. The van der Waals surface area contributed by atoms with E-state index >= 15 is 0 Å². The van der Waals surface area contributed by atoms with Crippen LogP contribution in [0, 0.1) is 0 Å². The van der Waals surface area contributed by atoms with E-state index < -0.39 is 0 Å². The number of aromatic nitrogens is 4. The summed E-state index contributed by atoms with van der Waals surface area (Å²) < 4.78 is 31.7. The van der Waals surface area contributed by atoms with E-state index in [1.165, 1.54) is 5.56 Å². The highest BCUT2D eigenvalue weighted by Gasteiger charge is 2.21. The van der Waals surface area contributed by atoms with Crippen molar-refractivity contribution in [3.63, 3.8) is 0 Å². The van der Waals surface area contributed by atoms with Crippen LogP contribution in [0.15, 0.2) is 43.0 Å². The van der Waals surface area contributed by atoms with Crippen molar-refractivity contribution in [2.75, 3.05) is 79.0 Å². The summed E-state index contributed by atoms with van der Waals surface area (Å²) in [6, 6.07) is 10.1. The summed E-state index contributed by atoms with van der Waals surface area (Å²) in [5.41, 5.74) is 1.20. The molecular formula is C33H48N8O6. The Hall–Kier alpha value is -4.56. The van der Waals surface area contributed by atoms with Gasteiger partial charge in [0, 0.05) is 31.7 Å². The predicted molar refractivity (Wildman–Crippen MR) is 180 cm³/mol. The second-order valence-corrected chi connectivity index (χ2v) is 11.0. The van der Waals surface area contributed by atoms with Crippen LogP contribution in [0.25, 0.3) is 0 Å². The fourth-order valence-electron chi connectivity index (χ4n) is 5.26. The van der Waals surface area contributed by atoms with Crippen molar-refractivity contribution in [1.29, 1.82) is 0 Å². The SMILES string of the molecule is C=CCOc1cc(CN2CCC(Nc3nc(OC)cc(OC)n3)CC2)ccc1OC.COc1cc(OC)nc(NC2CCNCC2)n1. The van der Waals surface area contributed by atoms with Crippen molar-refractivity contribution in [3.05, 3.63) is 48.6 Å². The lowest BCUT2D eigenvalue weighted by Gasteiger charge is -2.32. The molecule has 14 nitrogen and oxygen atoms in total. The zero-order valence-corrected chi connectivity index (χ0v) is 28.1. The summed E-state index contributed by atoms with van der Waals surface area (Å²) >= 11 is 0. The molecule has 0 radical (unpaired) electrons. The van der Waals surface area contributed by atoms with Gasteiger partial charge in [0.15, 0.2) is 11.5 Å². The lowest BCUT2D eigenvalue weighted by atomic mass is 10.0. The largest absolute Gasteiger partial charge is 0.493 e. The third kappa shape index (κ3) is 11.0. The average molecular weight is 653 g/mol. The first kappa shape index (κ1) is 35.3. The second kappa shape index (κ2) is 18.6. The number of hydrogen-bond acceptors (Lipinski definition) is 14. The molecule has 0 bridgehead atoms. The molecule has 2 aliphatic rings. The molecule has 4 heterocycles. The lowest BCUT2D eigenvalue weighted by Crippen LogP contribution is -2.39. The van der Waals surface area contributed by atoms with Crippen LogP contribution in [0.2, 0.25) is 0 Å². The molecule has 1 aromatic carbocycles. The number of hydrogen-bond donors (Lipinski definition) is 3. The minimum atomic E-state index is 0.306. The summed E-state index contributed by atoms with van der Waals surface area (Å²) in [5.74, 6) is 4.55. The fourth-order valence-corrected chi connectivity index (χ4v) is 5.26. The van der Waals surface area contributed by atoms with Gasteiger partial charge in [0.1, 0.15) is 6.61 Å². The van der Waals surface area contributed by atoms with E-state index in [1.54, 1.807) is 53.8 Å². The number of nitrogens with one attached hydrogen (secondary N) is 3. The Bertz CT molecular complexity index is 1360. The molecule has 2 aliphatic heterocycles. The Morgan fingerprint density at radius 3 is 1.70 bits per heavy atom. The third-order valence-corrected chi connectivity index (χ3v) is 7.78. The molecular weight excluding hydrogens is 604 g/mol. The molecule has 0 aliphatic carbocycles. The molecule has 2 fully saturated rings. The van der Waals surface area contributed by atoms with Crippen molar-refractivity contribution in [2.45, 2.75) is 44.3 Å². The average Bonchev–Trinajstić information content (AvgIpc) is 3.12. The number of anilines is 2. The zero-order chi connectivity index (χ0) is 33.4. The van der Waals surface area contributed by atoms with Gasteiger partial charge in [-0.2, -0.15) is 19.9 Å². The highest BCUT2D eigenvalue weighted by Crippen LogP contribution is 2.29. The quantitative estimate of drug-likeness (QED) is 0.217. The highest BCUT2D eigenvalue weighted by molar-refractivity contribution is 5.43. The Morgan fingerprint density at radius 2 is 1.23 bits per heavy atom. The Balaban J connectivity index is 0.000000248. The standard InChI is InChI=1S/C22H30N4O4.C11H18N4O2/c1-5-12-30-19-13-16(6-7-18(19)27-2)15-26-10-8-17(9-11-26)23-22-24-20(28-3)14-21(25-22)29-4;1-16-9-7-10(17-2)15-11(14-9)13-8-3-5-12-6-4-8/h5-7,13-14,17H,1,8-12,15H2,2-4H3,(H,23,24,25);7-8,12H,3-6H2,1-2H3,(H,13,14,15). The first-order valence-corrected chi connectivity index (χ1v) is 15.8. The summed E-state index contributed by atoms with van der Waals surface area (Å²) in [6.07, 6.45) is 5.87. The Labute approximate surface area is 277 Å². The van der Waals surface area contributed by atoms with Crippen molar-refractivity contribution >= 4 is 11.9 Å². The molecule has 5 rings (SSSR count). The predicted octanol–water partition coefficient (Wildman–Crippen LogP) is 3.80. The van der Waals surface area contributed by atoms with Gasteiger partial charge in [-0.05, 0) is 56.5 Å². The maximum Gasteiger partial charge on any atom is 0.229 e. The third-order valence-electron chi connectivity index (χ3n) is 7.78. The van der Waals surface area contributed by atoms with Gasteiger partial charge in [-0.15, -0.1) is 0 Å². The monoisotopic (exact) mass is 652 g/mol. The molecule has 3 aromatic rings. The van der Waals surface area contributed by atoms with Gasteiger partial charge in [-0.25, -0.2) is 0 Å². The highest BCUT2D eigenvalue weighted by atomic mass is 16.5. The molecule has 3 N–H and O–H groups in total. The van der Waals surface area contributed by atoms with Gasteiger partial charge in [0.2, 0.25) is 35.4 Å². The number of piperidine rings is 2. The molecule has 0 saturated carbocycles. The van der Waals surface area contributed by atoms with E-state index in [0.717, 1.165) is 69.9 Å². The van der Waals surface area contributed by atoms with Crippen LogP contribution in [0.5, 0.6) is 35.0 Å². The number of ether oxygens (including phenoxy) is 6. The Morgan fingerprint density at radius 1 is 0.723 bits per heavy atom. The molecule has 0 spiro atoms. The first-order chi connectivity index (χ1) is 23.0.